The van der Waals surface area contributed by atoms with Crippen molar-refractivity contribution in [2.75, 3.05) is 11.4 Å². The number of halogens is 1. The number of benzene rings is 1. The van der Waals surface area contributed by atoms with Crippen LogP contribution in [0.1, 0.15) is 11.3 Å². The van der Waals surface area contributed by atoms with Gasteiger partial charge in [0.15, 0.2) is 10.8 Å². The molecular formula is C14H13FN4S. The number of imidazole rings is 1. The van der Waals surface area contributed by atoms with Gasteiger partial charge >= 0.3 is 0 Å². The third-order valence-corrected chi connectivity index (χ3v) is 4.49. The van der Waals surface area contributed by atoms with Gasteiger partial charge in [0.05, 0.1) is 5.69 Å². The maximum atomic E-state index is 13.5. The lowest BCUT2D eigenvalue weighted by Crippen LogP contribution is -2.17. The van der Waals surface area contributed by atoms with Gasteiger partial charge in [-0.25, -0.2) is 9.37 Å². The van der Waals surface area contributed by atoms with Gasteiger partial charge in [-0.3, -0.25) is 4.40 Å². The topological polar surface area (TPSA) is 46.6 Å². The second-order valence-corrected chi connectivity index (χ2v) is 5.69. The highest BCUT2D eigenvalue weighted by atomic mass is 32.1. The van der Waals surface area contributed by atoms with Crippen LogP contribution in [0.2, 0.25) is 0 Å². The fourth-order valence-electron chi connectivity index (χ4n) is 2.80. The zero-order valence-corrected chi connectivity index (χ0v) is 11.5. The summed E-state index contributed by atoms with van der Waals surface area (Å²) in [7, 11) is 0. The van der Waals surface area contributed by atoms with Crippen molar-refractivity contribution in [1.82, 2.24) is 9.38 Å². The Hall–Kier alpha value is -1.92. The second-order valence-electron chi connectivity index (χ2n) is 4.82. The van der Waals surface area contributed by atoms with E-state index in [1.165, 1.54) is 6.07 Å². The summed E-state index contributed by atoms with van der Waals surface area (Å²) in [6.45, 7) is 1.23. The summed E-state index contributed by atoms with van der Waals surface area (Å²) in [5.41, 5.74) is 8.92. The van der Waals surface area contributed by atoms with E-state index in [0.29, 0.717) is 6.54 Å². The van der Waals surface area contributed by atoms with Gasteiger partial charge in [-0.15, -0.1) is 11.3 Å². The Morgan fingerprint density at radius 1 is 1.40 bits per heavy atom. The lowest BCUT2D eigenvalue weighted by atomic mass is 10.2. The molecule has 0 saturated carbocycles. The van der Waals surface area contributed by atoms with Gasteiger partial charge in [0.2, 0.25) is 0 Å². The summed E-state index contributed by atoms with van der Waals surface area (Å²) in [6, 6.07) is 4.94. The number of nitrogens with zero attached hydrogens (tertiary/aromatic N) is 3. The first-order valence-electron chi connectivity index (χ1n) is 6.48. The van der Waals surface area contributed by atoms with E-state index in [9.17, 15) is 4.39 Å². The predicted octanol–water partition coefficient (Wildman–Crippen LogP) is 2.69. The Morgan fingerprint density at radius 2 is 2.30 bits per heavy atom. The molecule has 0 atom stereocenters. The zero-order valence-electron chi connectivity index (χ0n) is 10.7. The highest BCUT2D eigenvalue weighted by Gasteiger charge is 2.26. The summed E-state index contributed by atoms with van der Waals surface area (Å²) < 4.78 is 15.5. The number of thiazole rings is 1. The van der Waals surface area contributed by atoms with Crippen LogP contribution in [0.25, 0.3) is 4.96 Å². The molecule has 0 aliphatic carbocycles. The lowest BCUT2D eigenvalue weighted by Gasteiger charge is -2.18. The Bertz CT molecular complexity index is 792. The Morgan fingerprint density at radius 3 is 3.15 bits per heavy atom. The van der Waals surface area contributed by atoms with Crippen LogP contribution < -0.4 is 10.6 Å². The minimum absolute atomic E-state index is 0.217. The average Bonchev–Trinajstić information content (AvgIpc) is 3.09. The van der Waals surface area contributed by atoms with Gasteiger partial charge in [-0.1, -0.05) is 6.07 Å². The molecule has 0 bridgehead atoms. The number of nitrogens with two attached hydrogens (primary N) is 1. The molecule has 3 heterocycles. The number of hydrogen-bond acceptors (Lipinski definition) is 4. The van der Waals surface area contributed by atoms with Gasteiger partial charge < -0.3 is 10.6 Å². The molecule has 0 radical (unpaired) electrons. The number of rotatable bonds is 2. The van der Waals surface area contributed by atoms with E-state index < -0.39 is 0 Å². The third kappa shape index (κ3) is 1.58. The molecule has 20 heavy (non-hydrogen) atoms. The van der Waals surface area contributed by atoms with E-state index in [4.69, 9.17) is 5.73 Å². The van der Waals surface area contributed by atoms with E-state index in [-0.39, 0.29) is 5.82 Å². The fraction of sp³-hybridized carbons (Fsp3) is 0.214. The van der Waals surface area contributed by atoms with Crippen molar-refractivity contribution in [1.29, 1.82) is 0 Å². The molecule has 4 rings (SSSR count). The van der Waals surface area contributed by atoms with E-state index >= 15 is 0 Å². The summed E-state index contributed by atoms with van der Waals surface area (Å²) in [4.78, 5) is 7.65. The van der Waals surface area contributed by atoms with Crippen molar-refractivity contribution in [3.8, 4) is 0 Å². The first-order valence-corrected chi connectivity index (χ1v) is 7.36. The number of aromatic nitrogens is 2. The quantitative estimate of drug-likeness (QED) is 0.788. The molecule has 2 N–H and O–H groups in total. The van der Waals surface area contributed by atoms with Crippen LogP contribution in [-0.4, -0.2) is 15.9 Å². The van der Waals surface area contributed by atoms with Crippen LogP contribution in [0.15, 0.2) is 29.8 Å². The molecule has 2 aromatic heterocycles. The maximum absolute atomic E-state index is 13.5. The summed E-state index contributed by atoms with van der Waals surface area (Å²) in [5, 5.41) is 1.99. The van der Waals surface area contributed by atoms with E-state index in [1.807, 2.05) is 22.0 Å². The van der Waals surface area contributed by atoms with Gasteiger partial charge in [0.1, 0.15) is 5.82 Å². The average molecular weight is 288 g/mol. The second kappa shape index (κ2) is 4.29. The molecule has 1 aromatic carbocycles. The van der Waals surface area contributed by atoms with Crippen LogP contribution in [0.3, 0.4) is 0 Å². The fourth-order valence-corrected chi connectivity index (χ4v) is 3.53. The summed E-state index contributed by atoms with van der Waals surface area (Å²) in [5.74, 6) is 0.634. The van der Waals surface area contributed by atoms with Crippen LogP contribution in [0, 0.1) is 5.82 Å². The minimum atomic E-state index is -0.217. The molecule has 4 nitrogen and oxygen atoms in total. The zero-order chi connectivity index (χ0) is 13.7. The standard InChI is InChI=1S/C14H13FN4S/c15-10-2-1-9-3-4-18(11(9)7-10)13-12(8-16)19-5-6-20-14(19)17-13/h1-2,5-7H,3-4,8,16H2. The Kier molecular flexibility index (Phi) is 2.55. The van der Waals surface area contributed by atoms with Crippen LogP contribution in [-0.2, 0) is 13.0 Å². The predicted molar refractivity (Wildman–Crippen MR) is 78.1 cm³/mol. The third-order valence-electron chi connectivity index (χ3n) is 3.73. The van der Waals surface area contributed by atoms with Crippen LogP contribution in [0.4, 0.5) is 15.9 Å². The molecule has 1 aliphatic rings. The maximum Gasteiger partial charge on any atom is 0.195 e. The number of fused-ring (bicyclic) bond motifs is 2. The van der Waals surface area contributed by atoms with Crippen molar-refractivity contribution in [3.63, 3.8) is 0 Å². The lowest BCUT2D eigenvalue weighted by molar-refractivity contribution is 0.628. The first-order chi connectivity index (χ1) is 9.78. The number of hydrogen-bond donors (Lipinski definition) is 1. The molecule has 0 unspecified atom stereocenters. The molecule has 3 aromatic rings. The minimum Gasteiger partial charge on any atom is -0.325 e. The number of anilines is 2. The molecule has 1 aliphatic heterocycles. The van der Waals surface area contributed by atoms with Crippen molar-refractivity contribution >= 4 is 27.8 Å². The smallest absolute Gasteiger partial charge is 0.195 e. The highest BCUT2D eigenvalue weighted by molar-refractivity contribution is 7.15. The summed E-state index contributed by atoms with van der Waals surface area (Å²) in [6.07, 6.45) is 2.88. The van der Waals surface area contributed by atoms with Crippen molar-refractivity contribution < 1.29 is 4.39 Å². The van der Waals surface area contributed by atoms with Gasteiger partial charge in [0, 0.05) is 30.4 Å². The van der Waals surface area contributed by atoms with Crippen LogP contribution >= 0.6 is 11.3 Å². The van der Waals surface area contributed by atoms with Crippen molar-refractivity contribution in [2.45, 2.75) is 13.0 Å². The molecule has 0 fully saturated rings. The van der Waals surface area contributed by atoms with Crippen LogP contribution in [0.5, 0.6) is 0 Å². The van der Waals surface area contributed by atoms with Gasteiger partial charge in [-0.2, -0.15) is 0 Å². The Balaban J connectivity index is 1.89. The van der Waals surface area contributed by atoms with Crippen molar-refractivity contribution in [2.24, 2.45) is 5.73 Å². The molecule has 6 heteroatoms. The molecular weight excluding hydrogens is 275 g/mol. The highest BCUT2D eigenvalue weighted by Crippen LogP contribution is 2.37. The summed E-state index contributed by atoms with van der Waals surface area (Å²) >= 11 is 1.58. The monoisotopic (exact) mass is 288 g/mol. The molecule has 0 saturated heterocycles. The van der Waals surface area contributed by atoms with E-state index in [1.54, 1.807) is 17.4 Å². The molecule has 102 valence electrons. The largest absolute Gasteiger partial charge is 0.325 e. The normalized spacial score (nSPS) is 14.2. The van der Waals surface area contributed by atoms with Gasteiger partial charge in [-0.05, 0) is 24.1 Å². The van der Waals surface area contributed by atoms with E-state index in [2.05, 4.69) is 9.88 Å². The SMILES string of the molecule is NCc1c(N2CCc3ccc(F)cc32)nc2sccn12. The molecule has 0 spiro atoms. The van der Waals surface area contributed by atoms with Crippen molar-refractivity contribution in [3.05, 3.63) is 46.9 Å². The molecule has 0 amide bonds. The van der Waals surface area contributed by atoms with E-state index in [0.717, 1.165) is 40.7 Å². The van der Waals surface area contributed by atoms with Gasteiger partial charge in [0.25, 0.3) is 0 Å². The Labute approximate surface area is 119 Å². The first kappa shape index (κ1) is 11.9.